The van der Waals surface area contributed by atoms with Gasteiger partial charge < -0.3 is 4.74 Å². The van der Waals surface area contributed by atoms with Gasteiger partial charge in [0.2, 0.25) is 0 Å². The Bertz CT molecular complexity index is 452. The minimum Gasteiger partial charge on any atom is -0.495 e. The van der Waals surface area contributed by atoms with Gasteiger partial charge in [-0.2, -0.15) is 0 Å². The maximum atomic E-state index is 6.29. The first kappa shape index (κ1) is 12.8. The fourth-order valence-electron chi connectivity index (χ4n) is 2.15. The molecule has 17 heavy (non-hydrogen) atoms. The van der Waals surface area contributed by atoms with E-state index in [9.17, 15) is 0 Å². The smallest absolute Gasteiger partial charge is 0.139 e. The summed E-state index contributed by atoms with van der Waals surface area (Å²) in [7, 11) is 1.60. The van der Waals surface area contributed by atoms with Crippen molar-refractivity contribution >= 4 is 28.8 Å². The Morgan fingerprint density at radius 1 is 1.24 bits per heavy atom. The standard InChI is InChI=1S/C14H16Cl2O/c1-9-3-5-10(6-4-9)11-7-8-12(17-2)14(16)13(11)15/h5,7-9H,3-4,6H2,1-2H3. The van der Waals surface area contributed by atoms with Gasteiger partial charge in [-0.1, -0.05) is 36.2 Å². The third-order valence-corrected chi connectivity index (χ3v) is 4.15. The van der Waals surface area contributed by atoms with E-state index in [1.165, 1.54) is 12.0 Å². The number of ether oxygens (including phenoxy) is 1. The van der Waals surface area contributed by atoms with E-state index in [2.05, 4.69) is 13.0 Å². The Balaban J connectivity index is 2.37. The highest BCUT2D eigenvalue weighted by atomic mass is 35.5. The highest BCUT2D eigenvalue weighted by Gasteiger charge is 2.17. The predicted molar refractivity (Wildman–Crippen MR) is 74.0 cm³/mol. The van der Waals surface area contributed by atoms with Crippen molar-refractivity contribution in [2.75, 3.05) is 7.11 Å². The van der Waals surface area contributed by atoms with Crippen LogP contribution in [0.15, 0.2) is 18.2 Å². The van der Waals surface area contributed by atoms with Gasteiger partial charge in [0.25, 0.3) is 0 Å². The number of hydrogen-bond donors (Lipinski definition) is 0. The zero-order chi connectivity index (χ0) is 12.4. The van der Waals surface area contributed by atoms with Crippen molar-refractivity contribution in [1.29, 1.82) is 0 Å². The van der Waals surface area contributed by atoms with Gasteiger partial charge in [-0.25, -0.2) is 0 Å². The maximum Gasteiger partial charge on any atom is 0.139 e. The van der Waals surface area contributed by atoms with Crippen molar-refractivity contribution in [3.05, 3.63) is 33.8 Å². The van der Waals surface area contributed by atoms with Gasteiger partial charge in [-0.15, -0.1) is 0 Å². The molecule has 0 fully saturated rings. The molecular formula is C14H16Cl2O. The Morgan fingerprint density at radius 3 is 2.59 bits per heavy atom. The fourth-order valence-corrected chi connectivity index (χ4v) is 2.67. The number of halogens is 2. The third-order valence-electron chi connectivity index (χ3n) is 3.29. The molecule has 0 spiro atoms. The van der Waals surface area contributed by atoms with Crippen LogP contribution in [0.25, 0.3) is 5.57 Å². The zero-order valence-electron chi connectivity index (χ0n) is 10.1. The van der Waals surface area contributed by atoms with Crippen LogP contribution >= 0.6 is 23.2 Å². The molecule has 0 amide bonds. The molecule has 92 valence electrons. The highest BCUT2D eigenvalue weighted by molar-refractivity contribution is 6.44. The third kappa shape index (κ3) is 2.61. The summed E-state index contributed by atoms with van der Waals surface area (Å²) >= 11 is 12.5. The van der Waals surface area contributed by atoms with E-state index >= 15 is 0 Å². The van der Waals surface area contributed by atoms with Crippen LogP contribution in [0.1, 0.15) is 31.7 Å². The number of allylic oxidation sites excluding steroid dienone is 2. The molecule has 0 aliphatic heterocycles. The van der Waals surface area contributed by atoms with Gasteiger partial charge >= 0.3 is 0 Å². The summed E-state index contributed by atoms with van der Waals surface area (Å²) in [5, 5.41) is 1.11. The van der Waals surface area contributed by atoms with E-state index in [1.807, 2.05) is 12.1 Å². The van der Waals surface area contributed by atoms with E-state index in [0.29, 0.717) is 15.8 Å². The van der Waals surface area contributed by atoms with E-state index in [1.54, 1.807) is 7.11 Å². The largest absolute Gasteiger partial charge is 0.495 e. The SMILES string of the molecule is COc1ccc(C2=CCC(C)CC2)c(Cl)c1Cl. The quantitative estimate of drug-likeness (QED) is 0.717. The second-order valence-corrected chi connectivity index (χ2v) is 5.31. The molecule has 1 atom stereocenters. The van der Waals surface area contributed by atoms with E-state index in [-0.39, 0.29) is 0 Å². The number of methoxy groups -OCH3 is 1. The topological polar surface area (TPSA) is 9.23 Å². The highest BCUT2D eigenvalue weighted by Crippen LogP contribution is 2.40. The van der Waals surface area contributed by atoms with Crippen molar-refractivity contribution in [2.24, 2.45) is 5.92 Å². The number of benzene rings is 1. The Hall–Kier alpha value is -0.660. The Labute approximate surface area is 112 Å². The summed E-state index contributed by atoms with van der Waals surface area (Å²) in [6.45, 7) is 2.27. The first-order chi connectivity index (χ1) is 8.13. The van der Waals surface area contributed by atoms with Crippen LogP contribution in [-0.2, 0) is 0 Å². The monoisotopic (exact) mass is 270 g/mol. The molecular weight excluding hydrogens is 255 g/mol. The molecule has 1 unspecified atom stereocenters. The second-order valence-electron chi connectivity index (χ2n) is 4.55. The summed E-state index contributed by atoms with van der Waals surface area (Å²) in [6.07, 6.45) is 5.68. The van der Waals surface area contributed by atoms with E-state index < -0.39 is 0 Å². The molecule has 0 bridgehead atoms. The average Bonchev–Trinajstić information content (AvgIpc) is 2.34. The molecule has 1 nitrogen and oxygen atoms in total. The molecule has 0 radical (unpaired) electrons. The summed E-state index contributed by atoms with van der Waals surface area (Å²) in [6, 6.07) is 3.87. The Kier molecular flexibility index (Phi) is 4.01. The first-order valence-corrected chi connectivity index (χ1v) is 6.60. The minimum absolute atomic E-state index is 0.506. The van der Waals surface area contributed by atoms with Crippen LogP contribution in [0.4, 0.5) is 0 Å². The molecule has 1 aliphatic rings. The van der Waals surface area contributed by atoms with Gasteiger partial charge in [0.15, 0.2) is 0 Å². The van der Waals surface area contributed by atoms with Gasteiger partial charge in [-0.05, 0) is 48.4 Å². The molecule has 0 heterocycles. The molecule has 0 saturated heterocycles. The molecule has 3 heteroatoms. The molecule has 1 aromatic carbocycles. The lowest BCUT2D eigenvalue weighted by atomic mass is 9.88. The normalized spacial score (nSPS) is 20.0. The van der Waals surface area contributed by atoms with E-state index in [0.717, 1.165) is 24.3 Å². The van der Waals surface area contributed by atoms with Crippen molar-refractivity contribution < 1.29 is 4.74 Å². The summed E-state index contributed by atoms with van der Waals surface area (Å²) in [5.74, 6) is 1.40. The molecule has 0 aromatic heterocycles. The molecule has 1 aliphatic carbocycles. The Morgan fingerprint density at radius 2 is 2.00 bits per heavy atom. The summed E-state index contributed by atoms with van der Waals surface area (Å²) < 4.78 is 5.15. The van der Waals surface area contributed by atoms with Crippen LogP contribution in [0, 0.1) is 5.92 Å². The molecule has 0 saturated carbocycles. The van der Waals surface area contributed by atoms with Gasteiger partial charge in [0, 0.05) is 0 Å². The minimum atomic E-state index is 0.506. The van der Waals surface area contributed by atoms with Crippen LogP contribution in [0.2, 0.25) is 10.0 Å². The lowest BCUT2D eigenvalue weighted by Crippen LogP contribution is -2.01. The lowest BCUT2D eigenvalue weighted by Gasteiger charge is -2.20. The molecule has 2 rings (SSSR count). The van der Waals surface area contributed by atoms with Gasteiger partial charge in [-0.3, -0.25) is 0 Å². The summed E-state index contributed by atoms with van der Waals surface area (Å²) in [5.41, 5.74) is 2.35. The molecule has 0 N–H and O–H groups in total. The van der Waals surface area contributed by atoms with Crippen LogP contribution in [0.5, 0.6) is 5.75 Å². The van der Waals surface area contributed by atoms with Crippen LogP contribution in [-0.4, -0.2) is 7.11 Å². The van der Waals surface area contributed by atoms with Crippen LogP contribution < -0.4 is 4.74 Å². The van der Waals surface area contributed by atoms with Crippen molar-refractivity contribution in [2.45, 2.75) is 26.2 Å². The predicted octanol–water partition coefficient (Wildman–Crippen LogP) is 5.21. The second kappa shape index (κ2) is 5.32. The number of hydrogen-bond acceptors (Lipinski definition) is 1. The molecule has 1 aromatic rings. The van der Waals surface area contributed by atoms with E-state index in [4.69, 9.17) is 27.9 Å². The lowest BCUT2D eigenvalue weighted by molar-refractivity contribution is 0.415. The van der Waals surface area contributed by atoms with Crippen molar-refractivity contribution in [1.82, 2.24) is 0 Å². The van der Waals surface area contributed by atoms with Crippen molar-refractivity contribution in [3.8, 4) is 5.75 Å². The van der Waals surface area contributed by atoms with Gasteiger partial charge in [0.1, 0.15) is 10.8 Å². The fraction of sp³-hybridized carbons (Fsp3) is 0.429. The zero-order valence-corrected chi connectivity index (χ0v) is 11.6. The van der Waals surface area contributed by atoms with Gasteiger partial charge in [0.05, 0.1) is 12.1 Å². The summed E-state index contributed by atoms with van der Waals surface area (Å²) in [4.78, 5) is 0. The maximum absolute atomic E-state index is 6.29. The van der Waals surface area contributed by atoms with Crippen molar-refractivity contribution in [3.63, 3.8) is 0 Å². The van der Waals surface area contributed by atoms with Crippen LogP contribution in [0.3, 0.4) is 0 Å². The average molecular weight is 271 g/mol. The first-order valence-electron chi connectivity index (χ1n) is 5.85. The number of rotatable bonds is 2.